The van der Waals surface area contributed by atoms with Gasteiger partial charge in [-0.2, -0.15) is 0 Å². The Morgan fingerprint density at radius 3 is 2.61 bits per heavy atom. The lowest BCUT2D eigenvalue weighted by atomic mass is 10.1. The maximum absolute atomic E-state index is 12.1. The molecular weight excluding hydrogens is 308 g/mol. The minimum atomic E-state index is -1.86. The van der Waals surface area contributed by atoms with Crippen molar-refractivity contribution in [2.45, 2.75) is 77.1 Å². The normalized spacial score (nSPS) is 19.4. The van der Waals surface area contributed by atoms with E-state index in [1.807, 2.05) is 18.2 Å². The average Bonchev–Trinajstić information content (AvgIpc) is 2.71. The maximum Gasteiger partial charge on any atom is 0.303 e. The zero-order chi connectivity index (χ0) is 17.7. The molecule has 0 aromatic carbocycles. The minimum Gasteiger partial charge on any atom is -0.481 e. The van der Waals surface area contributed by atoms with E-state index in [9.17, 15) is 9.59 Å². The zero-order valence-electron chi connectivity index (χ0n) is 15.0. The second kappa shape index (κ2) is 8.06. The van der Waals surface area contributed by atoms with Gasteiger partial charge in [0, 0.05) is 12.8 Å². The molecule has 0 heterocycles. The van der Waals surface area contributed by atoms with E-state index in [4.69, 9.17) is 9.53 Å². The largest absolute Gasteiger partial charge is 0.481 e. The second-order valence-electron chi connectivity index (χ2n) is 7.70. The monoisotopic (exact) mass is 338 g/mol. The van der Waals surface area contributed by atoms with Crippen molar-refractivity contribution in [3.05, 3.63) is 23.8 Å². The van der Waals surface area contributed by atoms with Gasteiger partial charge >= 0.3 is 5.97 Å². The zero-order valence-corrected chi connectivity index (χ0v) is 16.0. The molecule has 1 aliphatic carbocycles. The highest BCUT2D eigenvalue weighted by molar-refractivity contribution is 6.74. The topological polar surface area (TPSA) is 63.6 Å². The van der Waals surface area contributed by atoms with Crippen molar-refractivity contribution in [1.29, 1.82) is 0 Å². The van der Waals surface area contributed by atoms with Gasteiger partial charge < -0.3 is 9.53 Å². The number of aliphatic carboxylic acids is 1. The minimum absolute atomic E-state index is 0.0844. The first-order valence-electron chi connectivity index (χ1n) is 8.31. The predicted molar refractivity (Wildman–Crippen MR) is 95.0 cm³/mol. The number of Topliss-reactive ketones (excluding diaryl/α,β-unsaturated/α-hetero) is 1. The van der Waals surface area contributed by atoms with Gasteiger partial charge in [-0.05, 0) is 49.0 Å². The molecular formula is C18H30O4Si. The van der Waals surface area contributed by atoms with E-state index in [-0.39, 0.29) is 23.3 Å². The number of ketones is 1. The van der Waals surface area contributed by atoms with Crippen LogP contribution in [0.1, 0.15) is 52.9 Å². The van der Waals surface area contributed by atoms with Crippen LogP contribution in [-0.4, -0.2) is 31.3 Å². The molecule has 130 valence electrons. The number of carboxylic acid groups (broad SMARTS) is 1. The Kier molecular flexibility index (Phi) is 6.95. The lowest BCUT2D eigenvalue weighted by molar-refractivity contribution is -0.137. The van der Waals surface area contributed by atoms with Crippen molar-refractivity contribution in [3.8, 4) is 0 Å². The molecule has 1 N–H and O–H groups in total. The van der Waals surface area contributed by atoms with Crippen LogP contribution in [0.4, 0.5) is 0 Å². The Morgan fingerprint density at radius 1 is 1.39 bits per heavy atom. The van der Waals surface area contributed by atoms with Crippen LogP contribution in [0.15, 0.2) is 23.8 Å². The van der Waals surface area contributed by atoms with E-state index in [0.29, 0.717) is 19.3 Å². The summed E-state index contributed by atoms with van der Waals surface area (Å²) in [6, 6.07) is 0. The van der Waals surface area contributed by atoms with Gasteiger partial charge in [-0.3, -0.25) is 9.59 Å². The maximum atomic E-state index is 12.1. The number of carboxylic acids is 1. The summed E-state index contributed by atoms with van der Waals surface area (Å²) in [6.45, 7) is 11.0. The van der Waals surface area contributed by atoms with Gasteiger partial charge in [0.2, 0.25) is 0 Å². The summed E-state index contributed by atoms with van der Waals surface area (Å²) in [6.07, 6.45) is 8.43. The molecule has 0 aromatic heterocycles. The van der Waals surface area contributed by atoms with E-state index >= 15 is 0 Å². The molecule has 0 fully saturated rings. The van der Waals surface area contributed by atoms with Crippen LogP contribution < -0.4 is 0 Å². The fourth-order valence-corrected chi connectivity index (χ4v) is 3.46. The van der Waals surface area contributed by atoms with Crippen LogP contribution in [0.2, 0.25) is 18.1 Å². The van der Waals surface area contributed by atoms with E-state index in [1.165, 1.54) is 0 Å². The van der Waals surface area contributed by atoms with E-state index in [2.05, 4.69) is 33.9 Å². The summed E-state index contributed by atoms with van der Waals surface area (Å²) in [5.41, 5.74) is 0.822. The molecule has 1 rings (SSSR count). The molecule has 0 amide bonds. The molecule has 0 saturated heterocycles. The third kappa shape index (κ3) is 6.43. The third-order valence-electron chi connectivity index (χ3n) is 4.65. The lowest BCUT2D eigenvalue weighted by Crippen LogP contribution is -2.43. The summed E-state index contributed by atoms with van der Waals surface area (Å²) in [4.78, 5) is 22.5. The van der Waals surface area contributed by atoms with Crippen molar-refractivity contribution in [1.82, 2.24) is 0 Å². The number of hydrogen-bond acceptors (Lipinski definition) is 3. The Morgan fingerprint density at radius 2 is 2.04 bits per heavy atom. The van der Waals surface area contributed by atoms with Crippen LogP contribution in [0, 0.1) is 0 Å². The number of allylic oxidation sites excluding steroid dienone is 3. The van der Waals surface area contributed by atoms with Crippen LogP contribution in [-0.2, 0) is 14.0 Å². The number of unbranched alkanes of at least 4 members (excludes halogenated alkanes) is 1. The quantitative estimate of drug-likeness (QED) is 0.403. The predicted octanol–water partition coefficient (Wildman–Crippen LogP) is 4.48. The molecule has 1 aliphatic rings. The van der Waals surface area contributed by atoms with E-state index < -0.39 is 14.3 Å². The molecule has 0 bridgehead atoms. The molecule has 5 heteroatoms. The smallest absolute Gasteiger partial charge is 0.303 e. The van der Waals surface area contributed by atoms with E-state index in [1.54, 1.807) is 0 Å². The molecule has 0 radical (unpaired) electrons. The summed E-state index contributed by atoms with van der Waals surface area (Å²) in [5.74, 6) is -0.596. The Hall–Kier alpha value is -1.20. The molecule has 0 aromatic rings. The Balaban J connectivity index is 2.50. The van der Waals surface area contributed by atoms with Crippen LogP contribution in [0.3, 0.4) is 0 Å². The number of hydrogen-bond donors (Lipinski definition) is 1. The van der Waals surface area contributed by atoms with Gasteiger partial charge in [-0.1, -0.05) is 32.9 Å². The van der Waals surface area contributed by atoms with Crippen molar-refractivity contribution in [3.63, 3.8) is 0 Å². The molecule has 0 spiro atoms. The SMILES string of the molecule is CC(C)(C)[Si](C)(C)OC1C=C(CC=CCCCC(=O)O)C(=O)C1. The standard InChI is InChI=1S/C18H30O4Si/c1-18(2,3)23(4,5)22-15-12-14(16(19)13-15)10-8-6-7-9-11-17(20)21/h6,8,12,15H,7,9-11,13H2,1-5H3,(H,20,21). The Bertz CT molecular complexity index is 498. The fourth-order valence-electron chi connectivity index (χ4n) is 2.20. The highest BCUT2D eigenvalue weighted by Crippen LogP contribution is 2.38. The van der Waals surface area contributed by atoms with Gasteiger partial charge in [0.15, 0.2) is 14.1 Å². The van der Waals surface area contributed by atoms with Crippen LogP contribution in [0.25, 0.3) is 0 Å². The summed E-state index contributed by atoms with van der Waals surface area (Å²) in [7, 11) is -1.86. The average molecular weight is 339 g/mol. The van der Waals surface area contributed by atoms with Crippen molar-refractivity contribution in [2.24, 2.45) is 0 Å². The highest BCUT2D eigenvalue weighted by Gasteiger charge is 2.40. The van der Waals surface area contributed by atoms with Crippen LogP contribution in [0.5, 0.6) is 0 Å². The molecule has 23 heavy (non-hydrogen) atoms. The molecule has 1 atom stereocenters. The van der Waals surface area contributed by atoms with Crippen molar-refractivity contribution < 1.29 is 19.1 Å². The number of carbonyl (C=O) groups excluding carboxylic acids is 1. The molecule has 1 unspecified atom stereocenters. The second-order valence-corrected chi connectivity index (χ2v) is 12.5. The Labute approximate surface area is 140 Å². The number of rotatable bonds is 8. The highest BCUT2D eigenvalue weighted by atomic mass is 28.4. The first kappa shape index (κ1) is 19.8. The number of carbonyl (C=O) groups is 2. The third-order valence-corrected chi connectivity index (χ3v) is 9.15. The first-order valence-corrected chi connectivity index (χ1v) is 11.2. The van der Waals surface area contributed by atoms with Crippen LogP contribution >= 0.6 is 0 Å². The lowest BCUT2D eigenvalue weighted by Gasteiger charge is -2.37. The summed E-state index contributed by atoms with van der Waals surface area (Å²) < 4.78 is 6.29. The van der Waals surface area contributed by atoms with Gasteiger partial charge in [-0.25, -0.2) is 0 Å². The molecule has 4 nitrogen and oxygen atoms in total. The fraction of sp³-hybridized carbons (Fsp3) is 0.667. The van der Waals surface area contributed by atoms with Gasteiger partial charge in [0.05, 0.1) is 6.10 Å². The first-order chi connectivity index (χ1) is 10.5. The van der Waals surface area contributed by atoms with E-state index in [0.717, 1.165) is 12.0 Å². The van der Waals surface area contributed by atoms with Gasteiger partial charge in [0.1, 0.15) is 0 Å². The summed E-state index contributed by atoms with van der Waals surface area (Å²) in [5, 5.41) is 8.70. The van der Waals surface area contributed by atoms with Gasteiger partial charge in [-0.15, -0.1) is 0 Å². The molecule has 0 saturated carbocycles. The van der Waals surface area contributed by atoms with Crippen molar-refractivity contribution in [2.75, 3.05) is 0 Å². The van der Waals surface area contributed by atoms with Gasteiger partial charge in [0.25, 0.3) is 0 Å². The van der Waals surface area contributed by atoms with Crippen molar-refractivity contribution >= 4 is 20.1 Å². The molecule has 0 aliphatic heterocycles. The summed E-state index contributed by atoms with van der Waals surface area (Å²) >= 11 is 0.